The number of amides is 1. The number of rotatable bonds is 4. The summed E-state index contributed by atoms with van der Waals surface area (Å²) < 4.78 is 6.25. The van der Waals surface area contributed by atoms with Crippen molar-refractivity contribution in [2.45, 2.75) is 26.2 Å². The molecule has 3 heterocycles. The van der Waals surface area contributed by atoms with E-state index in [-0.39, 0.29) is 11.7 Å². The monoisotopic (exact) mass is 441 g/mol. The van der Waals surface area contributed by atoms with Crippen LogP contribution in [0.3, 0.4) is 0 Å². The second-order valence-corrected chi connectivity index (χ2v) is 7.87. The molecule has 1 aliphatic rings. The molecule has 0 atom stereocenters. The molecule has 144 valence electrons. The van der Waals surface area contributed by atoms with Crippen LogP contribution in [0.1, 0.15) is 51.4 Å². The molecule has 0 unspecified atom stereocenters. The fraction of sp³-hybridized carbons (Fsp3) is 0.286. The van der Waals surface area contributed by atoms with Crippen LogP contribution in [0.4, 0.5) is 0 Å². The first-order chi connectivity index (χ1) is 13.5. The SMILES string of the molecule is Cc1onc(-c2ccc(Br)cc2)c1C(=O)c1c[nH]c(C(=O)N2CCCCC2)c1. The first kappa shape index (κ1) is 18.7. The largest absolute Gasteiger partial charge is 0.360 e. The maximum Gasteiger partial charge on any atom is 0.270 e. The van der Waals surface area contributed by atoms with E-state index in [1.54, 1.807) is 19.2 Å². The molecule has 0 bridgehead atoms. The van der Waals surface area contributed by atoms with Gasteiger partial charge in [0, 0.05) is 34.9 Å². The number of carbonyl (C=O) groups is 2. The van der Waals surface area contributed by atoms with Crippen molar-refractivity contribution in [2.75, 3.05) is 13.1 Å². The van der Waals surface area contributed by atoms with Gasteiger partial charge in [-0.05, 0) is 44.4 Å². The molecule has 4 rings (SSSR count). The van der Waals surface area contributed by atoms with Crippen LogP contribution in [0, 0.1) is 6.92 Å². The molecule has 1 amide bonds. The van der Waals surface area contributed by atoms with Crippen molar-refractivity contribution in [3.05, 3.63) is 63.6 Å². The number of aromatic nitrogens is 2. The number of likely N-dealkylation sites (tertiary alicyclic amines) is 1. The molecule has 1 fully saturated rings. The number of aryl methyl sites for hydroxylation is 1. The zero-order valence-electron chi connectivity index (χ0n) is 15.5. The smallest absolute Gasteiger partial charge is 0.270 e. The number of hydrogen-bond donors (Lipinski definition) is 1. The Kier molecular flexibility index (Phi) is 5.17. The number of hydrogen-bond acceptors (Lipinski definition) is 4. The molecular weight excluding hydrogens is 422 g/mol. The number of nitrogens with zero attached hydrogens (tertiary/aromatic N) is 2. The predicted molar refractivity (Wildman–Crippen MR) is 108 cm³/mol. The first-order valence-corrected chi connectivity index (χ1v) is 10.1. The lowest BCUT2D eigenvalue weighted by Crippen LogP contribution is -2.35. The van der Waals surface area contributed by atoms with Crippen molar-refractivity contribution in [3.63, 3.8) is 0 Å². The molecule has 28 heavy (non-hydrogen) atoms. The zero-order valence-corrected chi connectivity index (χ0v) is 17.1. The van der Waals surface area contributed by atoms with Gasteiger partial charge >= 0.3 is 0 Å². The summed E-state index contributed by atoms with van der Waals surface area (Å²) in [6, 6.07) is 9.15. The Bertz CT molecular complexity index is 1010. The maximum absolute atomic E-state index is 13.1. The highest BCUT2D eigenvalue weighted by Crippen LogP contribution is 2.29. The second-order valence-electron chi connectivity index (χ2n) is 6.95. The second kappa shape index (κ2) is 7.75. The number of nitrogens with one attached hydrogen (secondary N) is 1. The predicted octanol–water partition coefficient (Wildman–Crippen LogP) is 4.60. The highest BCUT2D eigenvalue weighted by Gasteiger charge is 2.25. The van der Waals surface area contributed by atoms with Gasteiger partial charge in [-0.25, -0.2) is 0 Å². The average molecular weight is 442 g/mol. The van der Waals surface area contributed by atoms with E-state index in [0.717, 1.165) is 42.4 Å². The molecule has 2 aromatic heterocycles. The third kappa shape index (κ3) is 3.54. The molecule has 0 aliphatic carbocycles. The normalized spacial score (nSPS) is 14.3. The molecule has 1 saturated heterocycles. The fourth-order valence-electron chi connectivity index (χ4n) is 3.50. The van der Waals surface area contributed by atoms with Crippen molar-refractivity contribution in [2.24, 2.45) is 0 Å². The van der Waals surface area contributed by atoms with Crippen molar-refractivity contribution in [1.82, 2.24) is 15.0 Å². The number of ketones is 1. The lowest BCUT2D eigenvalue weighted by Gasteiger charge is -2.26. The Balaban J connectivity index is 1.62. The summed E-state index contributed by atoms with van der Waals surface area (Å²) in [5, 5.41) is 4.08. The Morgan fingerprint density at radius 3 is 2.57 bits per heavy atom. The Morgan fingerprint density at radius 2 is 1.86 bits per heavy atom. The van der Waals surface area contributed by atoms with E-state index < -0.39 is 0 Å². The van der Waals surface area contributed by atoms with Gasteiger partial charge in [0.25, 0.3) is 5.91 Å². The summed E-state index contributed by atoms with van der Waals surface area (Å²) in [6.45, 7) is 3.24. The van der Waals surface area contributed by atoms with Crippen LogP contribution in [0.5, 0.6) is 0 Å². The third-order valence-corrected chi connectivity index (χ3v) is 5.55. The lowest BCUT2D eigenvalue weighted by atomic mass is 9.99. The van der Waals surface area contributed by atoms with E-state index in [2.05, 4.69) is 26.1 Å². The molecule has 7 heteroatoms. The van der Waals surface area contributed by atoms with Gasteiger partial charge in [-0.15, -0.1) is 0 Å². The van der Waals surface area contributed by atoms with Crippen molar-refractivity contribution in [1.29, 1.82) is 0 Å². The van der Waals surface area contributed by atoms with Crippen LogP contribution in [0.15, 0.2) is 45.5 Å². The molecule has 3 aromatic rings. The first-order valence-electron chi connectivity index (χ1n) is 9.29. The summed E-state index contributed by atoms with van der Waals surface area (Å²) in [5.74, 6) is 0.174. The summed E-state index contributed by atoms with van der Waals surface area (Å²) in [5.41, 5.74) is 2.57. The minimum atomic E-state index is -0.217. The molecule has 0 radical (unpaired) electrons. The average Bonchev–Trinajstić information content (AvgIpc) is 3.35. The summed E-state index contributed by atoms with van der Waals surface area (Å²) in [6.07, 6.45) is 4.78. The minimum Gasteiger partial charge on any atom is -0.360 e. The topological polar surface area (TPSA) is 79.2 Å². The van der Waals surface area contributed by atoms with Crippen molar-refractivity contribution >= 4 is 27.6 Å². The fourth-order valence-corrected chi connectivity index (χ4v) is 3.77. The Morgan fingerprint density at radius 1 is 1.14 bits per heavy atom. The van der Waals surface area contributed by atoms with E-state index in [0.29, 0.717) is 28.3 Å². The van der Waals surface area contributed by atoms with Gasteiger partial charge in [-0.1, -0.05) is 33.2 Å². The van der Waals surface area contributed by atoms with Gasteiger partial charge in [-0.2, -0.15) is 0 Å². The van der Waals surface area contributed by atoms with Crippen molar-refractivity contribution in [3.8, 4) is 11.3 Å². The molecule has 1 aromatic carbocycles. The van der Waals surface area contributed by atoms with Gasteiger partial charge in [0.2, 0.25) is 0 Å². The number of aromatic amines is 1. The summed E-state index contributed by atoms with van der Waals surface area (Å²) in [7, 11) is 0. The Labute approximate surface area is 171 Å². The Hall–Kier alpha value is -2.67. The van der Waals surface area contributed by atoms with E-state index in [1.807, 2.05) is 29.2 Å². The van der Waals surface area contributed by atoms with Crippen LogP contribution in [0.25, 0.3) is 11.3 Å². The highest BCUT2D eigenvalue weighted by atomic mass is 79.9. The molecule has 1 aliphatic heterocycles. The number of carbonyl (C=O) groups excluding carboxylic acids is 2. The number of piperidine rings is 1. The third-order valence-electron chi connectivity index (χ3n) is 5.03. The standard InChI is InChI=1S/C21H20BrN3O3/c1-13-18(19(24-28-13)14-5-7-16(22)8-6-14)20(26)15-11-17(23-12-15)21(27)25-9-3-2-4-10-25/h5-8,11-12,23H,2-4,9-10H2,1H3. The summed E-state index contributed by atoms with van der Waals surface area (Å²) >= 11 is 3.41. The van der Waals surface area contributed by atoms with E-state index in [9.17, 15) is 9.59 Å². The number of halogens is 1. The van der Waals surface area contributed by atoms with Gasteiger partial charge in [0.05, 0.1) is 5.56 Å². The number of benzene rings is 1. The molecule has 6 nitrogen and oxygen atoms in total. The molecule has 0 saturated carbocycles. The van der Waals surface area contributed by atoms with Gasteiger partial charge in [0.1, 0.15) is 17.1 Å². The highest BCUT2D eigenvalue weighted by molar-refractivity contribution is 9.10. The van der Waals surface area contributed by atoms with Crippen LogP contribution in [-0.4, -0.2) is 39.8 Å². The lowest BCUT2D eigenvalue weighted by molar-refractivity contribution is 0.0719. The van der Waals surface area contributed by atoms with Crippen molar-refractivity contribution < 1.29 is 14.1 Å². The molecule has 0 spiro atoms. The zero-order chi connectivity index (χ0) is 19.7. The molecule has 1 N–H and O–H groups in total. The van der Waals surface area contributed by atoms with Crippen LogP contribution in [-0.2, 0) is 0 Å². The van der Waals surface area contributed by atoms with E-state index in [1.165, 1.54) is 0 Å². The van der Waals surface area contributed by atoms with Crippen LogP contribution in [0.2, 0.25) is 0 Å². The number of H-pyrrole nitrogens is 1. The van der Waals surface area contributed by atoms with Crippen LogP contribution >= 0.6 is 15.9 Å². The van der Waals surface area contributed by atoms with Crippen LogP contribution < -0.4 is 0 Å². The summed E-state index contributed by atoms with van der Waals surface area (Å²) in [4.78, 5) is 30.6. The van der Waals surface area contributed by atoms with Gasteiger partial charge in [-0.3, -0.25) is 9.59 Å². The molecular formula is C21H20BrN3O3. The van der Waals surface area contributed by atoms with E-state index >= 15 is 0 Å². The van der Waals surface area contributed by atoms with Gasteiger partial charge < -0.3 is 14.4 Å². The maximum atomic E-state index is 13.1. The quantitative estimate of drug-likeness (QED) is 0.600. The minimum absolute atomic E-state index is 0.0612. The van der Waals surface area contributed by atoms with E-state index in [4.69, 9.17) is 4.52 Å². The van der Waals surface area contributed by atoms with Gasteiger partial charge in [0.15, 0.2) is 5.78 Å².